The van der Waals surface area contributed by atoms with Crippen LogP contribution in [-0.2, 0) is 6.54 Å². The normalized spacial score (nSPS) is 10.3. The molecule has 2 N–H and O–H groups in total. The SMILES string of the molecule is COc1cc(CN)ccc1-c1ccc(C)cc1. The molecule has 0 aliphatic rings. The number of benzene rings is 2. The zero-order valence-corrected chi connectivity index (χ0v) is 10.2. The lowest BCUT2D eigenvalue weighted by Crippen LogP contribution is -1.97. The molecule has 17 heavy (non-hydrogen) atoms. The molecule has 2 heteroatoms. The van der Waals surface area contributed by atoms with E-state index in [9.17, 15) is 0 Å². The third-order valence-corrected chi connectivity index (χ3v) is 2.86. The fourth-order valence-electron chi connectivity index (χ4n) is 1.83. The third kappa shape index (κ3) is 2.48. The number of ether oxygens (including phenoxy) is 1. The monoisotopic (exact) mass is 227 g/mol. The Morgan fingerprint density at radius 3 is 2.35 bits per heavy atom. The Kier molecular flexibility index (Phi) is 3.45. The van der Waals surface area contributed by atoms with Crippen LogP contribution in [0, 0.1) is 6.92 Å². The van der Waals surface area contributed by atoms with E-state index in [1.54, 1.807) is 7.11 Å². The van der Waals surface area contributed by atoms with E-state index in [0.29, 0.717) is 6.54 Å². The Bertz CT molecular complexity index is 503. The molecule has 2 rings (SSSR count). The molecule has 2 nitrogen and oxygen atoms in total. The Labute approximate surface area is 102 Å². The van der Waals surface area contributed by atoms with E-state index >= 15 is 0 Å². The van der Waals surface area contributed by atoms with E-state index in [-0.39, 0.29) is 0 Å². The summed E-state index contributed by atoms with van der Waals surface area (Å²) in [5, 5.41) is 0. The minimum absolute atomic E-state index is 0.532. The van der Waals surface area contributed by atoms with Crippen molar-refractivity contribution >= 4 is 0 Å². The first kappa shape index (κ1) is 11.7. The third-order valence-electron chi connectivity index (χ3n) is 2.86. The lowest BCUT2D eigenvalue weighted by atomic mass is 10.0. The van der Waals surface area contributed by atoms with Crippen molar-refractivity contribution in [1.82, 2.24) is 0 Å². The van der Waals surface area contributed by atoms with Gasteiger partial charge >= 0.3 is 0 Å². The molecular formula is C15H17NO. The van der Waals surface area contributed by atoms with E-state index in [1.165, 1.54) is 5.56 Å². The van der Waals surface area contributed by atoms with Crippen molar-refractivity contribution in [3.63, 3.8) is 0 Å². The van der Waals surface area contributed by atoms with Gasteiger partial charge in [0, 0.05) is 12.1 Å². The second-order valence-corrected chi connectivity index (χ2v) is 4.10. The molecule has 0 aliphatic heterocycles. The van der Waals surface area contributed by atoms with Crippen LogP contribution in [0.1, 0.15) is 11.1 Å². The average Bonchev–Trinajstić information content (AvgIpc) is 2.39. The van der Waals surface area contributed by atoms with Gasteiger partial charge in [0.2, 0.25) is 0 Å². The number of hydrogen-bond donors (Lipinski definition) is 1. The maximum absolute atomic E-state index is 5.63. The van der Waals surface area contributed by atoms with Crippen LogP contribution < -0.4 is 10.5 Å². The first-order valence-electron chi connectivity index (χ1n) is 5.68. The Balaban J connectivity index is 2.47. The zero-order chi connectivity index (χ0) is 12.3. The van der Waals surface area contributed by atoms with E-state index in [2.05, 4.69) is 37.3 Å². The van der Waals surface area contributed by atoms with Gasteiger partial charge in [-0.2, -0.15) is 0 Å². The van der Waals surface area contributed by atoms with E-state index in [0.717, 1.165) is 22.4 Å². The van der Waals surface area contributed by atoms with Crippen molar-refractivity contribution in [2.75, 3.05) is 7.11 Å². The molecule has 0 spiro atoms. The van der Waals surface area contributed by atoms with Crippen LogP contribution in [0.5, 0.6) is 5.75 Å². The van der Waals surface area contributed by atoms with Crippen LogP contribution >= 0.6 is 0 Å². The summed E-state index contributed by atoms with van der Waals surface area (Å²) < 4.78 is 5.42. The van der Waals surface area contributed by atoms with Crippen molar-refractivity contribution < 1.29 is 4.74 Å². The number of methoxy groups -OCH3 is 1. The fourth-order valence-corrected chi connectivity index (χ4v) is 1.83. The maximum atomic E-state index is 5.63. The highest BCUT2D eigenvalue weighted by Crippen LogP contribution is 2.30. The van der Waals surface area contributed by atoms with E-state index in [1.807, 2.05) is 12.1 Å². The van der Waals surface area contributed by atoms with Crippen molar-refractivity contribution in [3.8, 4) is 16.9 Å². The van der Waals surface area contributed by atoms with Crippen molar-refractivity contribution in [2.45, 2.75) is 13.5 Å². The highest BCUT2D eigenvalue weighted by Gasteiger charge is 2.06. The molecule has 0 atom stereocenters. The summed E-state index contributed by atoms with van der Waals surface area (Å²) >= 11 is 0. The van der Waals surface area contributed by atoms with Gasteiger partial charge < -0.3 is 10.5 Å². The summed E-state index contributed by atoms with van der Waals surface area (Å²) in [4.78, 5) is 0. The van der Waals surface area contributed by atoms with Gasteiger partial charge in [-0.05, 0) is 24.1 Å². The van der Waals surface area contributed by atoms with Crippen molar-refractivity contribution in [1.29, 1.82) is 0 Å². The molecule has 0 aromatic heterocycles. The second kappa shape index (κ2) is 5.02. The lowest BCUT2D eigenvalue weighted by Gasteiger charge is -2.10. The van der Waals surface area contributed by atoms with Gasteiger partial charge in [0.15, 0.2) is 0 Å². The van der Waals surface area contributed by atoms with Crippen LogP contribution in [0.4, 0.5) is 0 Å². The largest absolute Gasteiger partial charge is 0.496 e. The molecule has 0 saturated carbocycles. The lowest BCUT2D eigenvalue weighted by molar-refractivity contribution is 0.416. The number of aryl methyl sites for hydroxylation is 1. The molecule has 0 fully saturated rings. The maximum Gasteiger partial charge on any atom is 0.127 e. The fraction of sp³-hybridized carbons (Fsp3) is 0.200. The minimum Gasteiger partial charge on any atom is -0.496 e. The average molecular weight is 227 g/mol. The van der Waals surface area contributed by atoms with Crippen LogP contribution in [0.15, 0.2) is 42.5 Å². The van der Waals surface area contributed by atoms with Gasteiger partial charge in [0.1, 0.15) is 5.75 Å². The predicted octanol–water partition coefficient (Wildman–Crippen LogP) is 3.13. The first-order valence-corrected chi connectivity index (χ1v) is 5.68. The highest BCUT2D eigenvalue weighted by molar-refractivity contribution is 5.71. The summed E-state index contributed by atoms with van der Waals surface area (Å²) in [6.45, 7) is 2.61. The molecular weight excluding hydrogens is 210 g/mol. The van der Waals surface area contributed by atoms with Gasteiger partial charge in [-0.3, -0.25) is 0 Å². The van der Waals surface area contributed by atoms with Crippen LogP contribution in [0.25, 0.3) is 11.1 Å². The van der Waals surface area contributed by atoms with Crippen molar-refractivity contribution in [2.24, 2.45) is 5.73 Å². The number of nitrogens with two attached hydrogens (primary N) is 1. The molecule has 0 heterocycles. The smallest absolute Gasteiger partial charge is 0.127 e. The van der Waals surface area contributed by atoms with E-state index in [4.69, 9.17) is 10.5 Å². The molecule has 2 aromatic rings. The predicted molar refractivity (Wildman–Crippen MR) is 71.1 cm³/mol. The van der Waals surface area contributed by atoms with Crippen molar-refractivity contribution in [3.05, 3.63) is 53.6 Å². The second-order valence-electron chi connectivity index (χ2n) is 4.10. The highest BCUT2D eigenvalue weighted by atomic mass is 16.5. The molecule has 0 bridgehead atoms. The molecule has 0 amide bonds. The summed E-state index contributed by atoms with van der Waals surface area (Å²) in [6.07, 6.45) is 0. The van der Waals surface area contributed by atoms with Gasteiger partial charge in [0.25, 0.3) is 0 Å². The van der Waals surface area contributed by atoms with Gasteiger partial charge in [-0.15, -0.1) is 0 Å². The molecule has 2 aromatic carbocycles. The molecule has 0 saturated heterocycles. The summed E-state index contributed by atoms with van der Waals surface area (Å²) in [5.41, 5.74) is 10.2. The summed E-state index contributed by atoms with van der Waals surface area (Å²) in [6, 6.07) is 14.5. The summed E-state index contributed by atoms with van der Waals surface area (Å²) in [7, 11) is 1.69. The first-order chi connectivity index (χ1) is 8.24. The van der Waals surface area contributed by atoms with Gasteiger partial charge in [0.05, 0.1) is 7.11 Å². The van der Waals surface area contributed by atoms with Gasteiger partial charge in [-0.25, -0.2) is 0 Å². The standard InChI is InChI=1S/C15H17NO/c1-11-3-6-13(7-4-11)14-8-5-12(10-16)9-15(14)17-2/h3-9H,10,16H2,1-2H3. The Morgan fingerprint density at radius 1 is 1.06 bits per heavy atom. The molecule has 0 aliphatic carbocycles. The number of rotatable bonds is 3. The minimum atomic E-state index is 0.532. The topological polar surface area (TPSA) is 35.2 Å². The molecule has 0 unspecified atom stereocenters. The number of hydrogen-bond acceptors (Lipinski definition) is 2. The zero-order valence-electron chi connectivity index (χ0n) is 10.2. The molecule has 88 valence electrons. The Morgan fingerprint density at radius 2 is 1.76 bits per heavy atom. The molecule has 0 radical (unpaired) electrons. The van der Waals surface area contributed by atoms with E-state index < -0.39 is 0 Å². The van der Waals surface area contributed by atoms with Crippen LogP contribution in [-0.4, -0.2) is 7.11 Å². The van der Waals surface area contributed by atoms with Gasteiger partial charge in [-0.1, -0.05) is 42.0 Å². The summed E-state index contributed by atoms with van der Waals surface area (Å²) in [5.74, 6) is 0.872. The quantitative estimate of drug-likeness (QED) is 0.874. The van der Waals surface area contributed by atoms with Crippen LogP contribution in [0.3, 0.4) is 0 Å². The Hall–Kier alpha value is -1.80. The van der Waals surface area contributed by atoms with Crippen LogP contribution in [0.2, 0.25) is 0 Å².